The van der Waals surface area contributed by atoms with Crippen molar-refractivity contribution < 1.29 is 4.74 Å². The zero-order valence-electron chi connectivity index (χ0n) is 10.8. The number of fused-ring (bicyclic) bond motifs is 1. The molecule has 0 atom stereocenters. The number of hydrogen-bond acceptors (Lipinski definition) is 5. The topological polar surface area (TPSA) is 65.4 Å². The minimum atomic E-state index is 0.531. The van der Waals surface area contributed by atoms with E-state index >= 15 is 0 Å². The fourth-order valence-corrected chi connectivity index (χ4v) is 3.15. The van der Waals surface area contributed by atoms with Gasteiger partial charge < -0.3 is 10.5 Å². The van der Waals surface area contributed by atoms with Gasteiger partial charge in [-0.25, -0.2) is 0 Å². The van der Waals surface area contributed by atoms with Crippen molar-refractivity contribution in [1.82, 2.24) is 14.6 Å². The third-order valence-corrected chi connectivity index (χ3v) is 4.07. The van der Waals surface area contributed by atoms with E-state index in [0.717, 1.165) is 27.8 Å². The zero-order chi connectivity index (χ0) is 14.1. The lowest BCUT2D eigenvalue weighted by atomic mass is 10.1. The van der Waals surface area contributed by atoms with Crippen LogP contribution in [0.25, 0.3) is 16.2 Å². The quantitative estimate of drug-likeness (QED) is 0.804. The standard InChI is InChI=1S/C13H13ClN4OS/c1-19-11-3-2-8(14)6-9(11)10-7-20-13-17-16-12(4-5-15)18(10)13/h2-3,6-7H,4-5,15H2,1H3. The molecule has 2 heterocycles. The zero-order valence-corrected chi connectivity index (χ0v) is 12.4. The van der Waals surface area contributed by atoms with Crippen LogP contribution in [0, 0.1) is 0 Å². The Morgan fingerprint density at radius 3 is 3.00 bits per heavy atom. The maximum absolute atomic E-state index is 6.10. The van der Waals surface area contributed by atoms with Gasteiger partial charge in [0, 0.05) is 22.4 Å². The molecule has 3 rings (SSSR count). The molecule has 3 aromatic rings. The van der Waals surface area contributed by atoms with Crippen molar-refractivity contribution >= 4 is 27.9 Å². The van der Waals surface area contributed by atoms with Crippen LogP contribution in [0.15, 0.2) is 23.6 Å². The lowest BCUT2D eigenvalue weighted by Crippen LogP contribution is -2.06. The molecule has 104 valence electrons. The van der Waals surface area contributed by atoms with Crippen LogP contribution in [0.5, 0.6) is 5.75 Å². The second-order valence-electron chi connectivity index (χ2n) is 4.24. The van der Waals surface area contributed by atoms with E-state index in [1.54, 1.807) is 13.2 Å². The summed E-state index contributed by atoms with van der Waals surface area (Å²) in [5.41, 5.74) is 7.52. The maximum atomic E-state index is 6.10. The second kappa shape index (κ2) is 5.40. The smallest absolute Gasteiger partial charge is 0.216 e. The number of nitrogens with two attached hydrogens (primary N) is 1. The predicted octanol–water partition coefficient (Wildman–Crippen LogP) is 2.62. The van der Waals surface area contributed by atoms with Gasteiger partial charge >= 0.3 is 0 Å². The van der Waals surface area contributed by atoms with Crippen LogP contribution >= 0.6 is 22.9 Å². The number of rotatable bonds is 4. The van der Waals surface area contributed by atoms with Gasteiger partial charge in [-0.2, -0.15) is 0 Å². The molecule has 0 unspecified atom stereocenters. The fourth-order valence-electron chi connectivity index (χ4n) is 2.14. The van der Waals surface area contributed by atoms with Gasteiger partial charge in [-0.15, -0.1) is 21.5 Å². The van der Waals surface area contributed by atoms with E-state index in [9.17, 15) is 0 Å². The average Bonchev–Trinajstić information content (AvgIpc) is 3.02. The molecule has 0 radical (unpaired) electrons. The Morgan fingerprint density at radius 2 is 2.25 bits per heavy atom. The lowest BCUT2D eigenvalue weighted by molar-refractivity contribution is 0.416. The molecule has 0 amide bonds. The number of benzene rings is 1. The SMILES string of the molecule is COc1ccc(Cl)cc1-c1csc2nnc(CCN)n12. The van der Waals surface area contributed by atoms with Crippen molar-refractivity contribution in [2.45, 2.75) is 6.42 Å². The first-order chi connectivity index (χ1) is 9.74. The Bertz CT molecular complexity index is 752. The molecule has 2 N–H and O–H groups in total. The van der Waals surface area contributed by atoms with Crippen LogP contribution in [0.4, 0.5) is 0 Å². The van der Waals surface area contributed by atoms with E-state index in [2.05, 4.69) is 10.2 Å². The number of halogens is 1. The molecule has 0 spiro atoms. The van der Waals surface area contributed by atoms with Crippen molar-refractivity contribution in [3.05, 3.63) is 34.4 Å². The van der Waals surface area contributed by atoms with E-state index < -0.39 is 0 Å². The number of thiazole rings is 1. The summed E-state index contributed by atoms with van der Waals surface area (Å²) < 4.78 is 7.42. The van der Waals surface area contributed by atoms with E-state index in [0.29, 0.717) is 18.0 Å². The number of ether oxygens (including phenoxy) is 1. The Kier molecular flexibility index (Phi) is 3.60. The van der Waals surface area contributed by atoms with Gasteiger partial charge in [-0.3, -0.25) is 4.40 Å². The Hall–Kier alpha value is -1.63. The molecule has 1 aromatic carbocycles. The Morgan fingerprint density at radius 1 is 1.40 bits per heavy atom. The normalized spacial score (nSPS) is 11.2. The summed E-state index contributed by atoms with van der Waals surface area (Å²) in [5, 5.41) is 11.0. The van der Waals surface area contributed by atoms with Gasteiger partial charge in [0.25, 0.3) is 0 Å². The molecule has 0 saturated heterocycles. The highest BCUT2D eigenvalue weighted by molar-refractivity contribution is 7.15. The van der Waals surface area contributed by atoms with E-state index in [-0.39, 0.29) is 0 Å². The Labute approximate surface area is 125 Å². The van der Waals surface area contributed by atoms with Crippen LogP contribution in [0.2, 0.25) is 5.02 Å². The first-order valence-corrected chi connectivity index (χ1v) is 7.36. The van der Waals surface area contributed by atoms with Crippen molar-refractivity contribution in [2.24, 2.45) is 5.73 Å². The first-order valence-electron chi connectivity index (χ1n) is 6.10. The first kappa shape index (κ1) is 13.4. The second-order valence-corrected chi connectivity index (χ2v) is 5.51. The molecule has 0 aliphatic rings. The van der Waals surface area contributed by atoms with E-state index in [1.807, 2.05) is 21.9 Å². The van der Waals surface area contributed by atoms with Gasteiger partial charge in [0.15, 0.2) is 0 Å². The molecule has 0 saturated carbocycles. The van der Waals surface area contributed by atoms with Crippen molar-refractivity contribution in [2.75, 3.05) is 13.7 Å². The predicted molar refractivity (Wildman–Crippen MR) is 80.6 cm³/mol. The maximum Gasteiger partial charge on any atom is 0.216 e. The van der Waals surface area contributed by atoms with Crippen LogP contribution in [-0.4, -0.2) is 28.3 Å². The monoisotopic (exact) mass is 308 g/mol. The summed E-state index contributed by atoms with van der Waals surface area (Å²) in [6.07, 6.45) is 0.674. The van der Waals surface area contributed by atoms with Crippen LogP contribution in [0.1, 0.15) is 5.82 Å². The molecule has 0 bridgehead atoms. The largest absolute Gasteiger partial charge is 0.496 e. The molecule has 7 heteroatoms. The summed E-state index contributed by atoms with van der Waals surface area (Å²) >= 11 is 7.63. The molecular formula is C13H13ClN4OS. The highest BCUT2D eigenvalue weighted by Gasteiger charge is 2.16. The fraction of sp³-hybridized carbons (Fsp3) is 0.231. The molecule has 20 heavy (non-hydrogen) atoms. The summed E-state index contributed by atoms with van der Waals surface area (Å²) in [7, 11) is 1.64. The minimum Gasteiger partial charge on any atom is -0.496 e. The average molecular weight is 309 g/mol. The third kappa shape index (κ3) is 2.15. The van der Waals surface area contributed by atoms with Gasteiger partial charge in [-0.1, -0.05) is 11.6 Å². The van der Waals surface area contributed by atoms with Crippen LogP contribution in [-0.2, 0) is 6.42 Å². The molecule has 0 fully saturated rings. The van der Waals surface area contributed by atoms with E-state index in [4.69, 9.17) is 22.1 Å². The van der Waals surface area contributed by atoms with Gasteiger partial charge in [0.2, 0.25) is 4.96 Å². The Balaban J connectivity index is 2.23. The molecule has 2 aromatic heterocycles. The highest BCUT2D eigenvalue weighted by atomic mass is 35.5. The number of methoxy groups -OCH3 is 1. The van der Waals surface area contributed by atoms with E-state index in [1.165, 1.54) is 11.3 Å². The van der Waals surface area contributed by atoms with Crippen molar-refractivity contribution in [1.29, 1.82) is 0 Å². The minimum absolute atomic E-state index is 0.531. The summed E-state index contributed by atoms with van der Waals surface area (Å²) in [6.45, 7) is 0.531. The summed E-state index contributed by atoms with van der Waals surface area (Å²) in [5.74, 6) is 1.61. The van der Waals surface area contributed by atoms with Gasteiger partial charge in [0.1, 0.15) is 11.6 Å². The van der Waals surface area contributed by atoms with Gasteiger partial charge in [0.05, 0.1) is 12.8 Å². The third-order valence-electron chi connectivity index (χ3n) is 3.02. The van der Waals surface area contributed by atoms with Gasteiger partial charge in [-0.05, 0) is 24.7 Å². The molecule has 0 aliphatic heterocycles. The lowest BCUT2D eigenvalue weighted by Gasteiger charge is -2.09. The number of aromatic nitrogens is 3. The van der Waals surface area contributed by atoms with Crippen molar-refractivity contribution in [3.8, 4) is 17.0 Å². The summed E-state index contributed by atoms with van der Waals surface area (Å²) in [6, 6.07) is 5.54. The highest BCUT2D eigenvalue weighted by Crippen LogP contribution is 2.35. The molecule has 5 nitrogen and oxygen atoms in total. The number of hydrogen-bond donors (Lipinski definition) is 1. The van der Waals surface area contributed by atoms with Crippen LogP contribution < -0.4 is 10.5 Å². The number of nitrogens with zero attached hydrogens (tertiary/aromatic N) is 3. The van der Waals surface area contributed by atoms with Crippen LogP contribution in [0.3, 0.4) is 0 Å². The van der Waals surface area contributed by atoms with Crippen molar-refractivity contribution in [3.63, 3.8) is 0 Å². The molecular weight excluding hydrogens is 296 g/mol. The molecule has 0 aliphatic carbocycles. The summed E-state index contributed by atoms with van der Waals surface area (Å²) in [4.78, 5) is 0.838.